The van der Waals surface area contributed by atoms with E-state index in [0.717, 1.165) is 12.8 Å². The number of para-hydroxylation sites is 1. The maximum absolute atomic E-state index is 12.4. The van der Waals surface area contributed by atoms with E-state index in [1.165, 1.54) is 19.4 Å². The van der Waals surface area contributed by atoms with E-state index in [2.05, 4.69) is 10.3 Å². The Balaban J connectivity index is 1.26. The fourth-order valence-corrected chi connectivity index (χ4v) is 3.92. The normalized spacial score (nSPS) is 13.5. The zero-order valence-electron chi connectivity index (χ0n) is 20.3. The van der Waals surface area contributed by atoms with Crippen LogP contribution in [0.1, 0.15) is 28.8 Å². The van der Waals surface area contributed by atoms with Crippen LogP contribution in [0.25, 0.3) is 0 Å². The monoisotopic (exact) mass is 505 g/mol. The molecule has 0 aliphatic carbocycles. The fourth-order valence-electron chi connectivity index (χ4n) is 3.92. The molecule has 0 spiro atoms. The quantitative estimate of drug-likeness (QED) is 0.462. The molecular weight excluding hydrogens is 478 g/mol. The molecule has 10 nitrogen and oxygen atoms in total. The Morgan fingerprint density at radius 2 is 1.70 bits per heavy atom. The van der Waals surface area contributed by atoms with Gasteiger partial charge in [0.2, 0.25) is 11.8 Å². The SMILES string of the molecule is COC(=O)N1CCC(Oc2ccc(Oc3ccc(CC(=O)Nc4ccccc4C(=O)O)cn3)cc2)CC1. The highest BCUT2D eigenvalue weighted by Crippen LogP contribution is 2.25. The number of pyridine rings is 1. The molecule has 0 unspecified atom stereocenters. The number of carboxylic acid groups (broad SMARTS) is 1. The van der Waals surface area contributed by atoms with Gasteiger partial charge in [0.1, 0.15) is 17.6 Å². The molecule has 1 aromatic heterocycles. The Labute approximate surface area is 213 Å². The predicted octanol–water partition coefficient (Wildman–Crippen LogP) is 4.36. The average molecular weight is 506 g/mol. The van der Waals surface area contributed by atoms with Crippen LogP contribution in [0, 0.1) is 0 Å². The number of rotatable bonds is 8. The minimum Gasteiger partial charge on any atom is -0.490 e. The summed E-state index contributed by atoms with van der Waals surface area (Å²) in [7, 11) is 1.38. The Hall–Kier alpha value is -4.60. The molecule has 4 rings (SSSR count). The topological polar surface area (TPSA) is 127 Å². The molecule has 10 heteroatoms. The van der Waals surface area contributed by atoms with Crippen LogP contribution in [0.15, 0.2) is 66.9 Å². The van der Waals surface area contributed by atoms with Crippen molar-refractivity contribution in [1.29, 1.82) is 0 Å². The van der Waals surface area contributed by atoms with E-state index in [1.54, 1.807) is 47.4 Å². The number of aromatic carboxylic acids is 1. The maximum atomic E-state index is 12.4. The fraction of sp³-hybridized carbons (Fsp3) is 0.259. The number of hydrogen-bond acceptors (Lipinski definition) is 7. The van der Waals surface area contributed by atoms with Crippen LogP contribution >= 0.6 is 0 Å². The van der Waals surface area contributed by atoms with Crippen LogP contribution in [0.4, 0.5) is 10.5 Å². The molecule has 3 aromatic rings. The molecule has 2 heterocycles. The molecule has 1 aliphatic heterocycles. The molecule has 2 aromatic carbocycles. The van der Waals surface area contributed by atoms with Crippen molar-refractivity contribution in [2.45, 2.75) is 25.4 Å². The van der Waals surface area contributed by atoms with Crippen LogP contribution in [0.2, 0.25) is 0 Å². The van der Waals surface area contributed by atoms with Gasteiger partial charge in [-0.25, -0.2) is 14.6 Å². The van der Waals surface area contributed by atoms with Gasteiger partial charge in [-0.05, 0) is 42.0 Å². The summed E-state index contributed by atoms with van der Waals surface area (Å²) in [6, 6.07) is 16.8. The van der Waals surface area contributed by atoms with Crippen molar-refractivity contribution in [3.05, 3.63) is 78.0 Å². The second-order valence-electron chi connectivity index (χ2n) is 8.43. The predicted molar refractivity (Wildman–Crippen MR) is 134 cm³/mol. The number of likely N-dealkylation sites (tertiary alicyclic amines) is 1. The van der Waals surface area contributed by atoms with E-state index < -0.39 is 5.97 Å². The van der Waals surface area contributed by atoms with Gasteiger partial charge in [-0.2, -0.15) is 0 Å². The second kappa shape index (κ2) is 11.9. The first-order valence-corrected chi connectivity index (χ1v) is 11.8. The number of aromatic nitrogens is 1. The summed E-state index contributed by atoms with van der Waals surface area (Å²) in [5.74, 6) is 0.193. The van der Waals surface area contributed by atoms with Gasteiger partial charge < -0.3 is 29.5 Å². The van der Waals surface area contributed by atoms with Crippen LogP contribution in [0.3, 0.4) is 0 Å². The highest BCUT2D eigenvalue weighted by atomic mass is 16.5. The number of nitrogens with zero attached hydrogens (tertiary/aromatic N) is 2. The Bertz CT molecular complexity index is 1240. The zero-order chi connectivity index (χ0) is 26.2. The molecule has 1 fully saturated rings. The number of methoxy groups -OCH3 is 1. The van der Waals surface area contributed by atoms with E-state index in [-0.39, 0.29) is 35.8 Å². The molecule has 0 atom stereocenters. The number of hydrogen-bond donors (Lipinski definition) is 2. The smallest absolute Gasteiger partial charge is 0.409 e. The van der Waals surface area contributed by atoms with Crippen molar-refractivity contribution in [2.24, 2.45) is 0 Å². The van der Waals surface area contributed by atoms with E-state index in [9.17, 15) is 19.5 Å². The lowest BCUT2D eigenvalue weighted by molar-refractivity contribution is -0.115. The lowest BCUT2D eigenvalue weighted by Crippen LogP contribution is -2.41. The van der Waals surface area contributed by atoms with Crippen LogP contribution < -0.4 is 14.8 Å². The number of piperidine rings is 1. The molecule has 2 amide bonds. The summed E-state index contributed by atoms with van der Waals surface area (Å²) in [5.41, 5.74) is 0.921. The Kier molecular flexibility index (Phi) is 8.19. The summed E-state index contributed by atoms with van der Waals surface area (Å²) >= 11 is 0. The third-order valence-electron chi connectivity index (χ3n) is 5.82. The van der Waals surface area contributed by atoms with E-state index in [4.69, 9.17) is 14.2 Å². The average Bonchev–Trinajstić information content (AvgIpc) is 2.91. The first-order valence-electron chi connectivity index (χ1n) is 11.8. The summed E-state index contributed by atoms with van der Waals surface area (Å²) in [4.78, 5) is 41.2. The maximum Gasteiger partial charge on any atom is 0.409 e. The first-order chi connectivity index (χ1) is 17.9. The molecule has 1 saturated heterocycles. The third-order valence-corrected chi connectivity index (χ3v) is 5.82. The third kappa shape index (κ3) is 6.97. The van der Waals surface area contributed by atoms with E-state index in [1.807, 2.05) is 12.1 Å². The summed E-state index contributed by atoms with van der Waals surface area (Å²) < 4.78 is 16.6. The van der Waals surface area contributed by atoms with Gasteiger partial charge in [-0.3, -0.25) is 4.79 Å². The minimum atomic E-state index is -1.11. The molecule has 0 saturated carbocycles. The Morgan fingerprint density at radius 3 is 2.35 bits per heavy atom. The molecule has 0 radical (unpaired) electrons. The molecule has 0 bridgehead atoms. The highest BCUT2D eigenvalue weighted by molar-refractivity contribution is 6.00. The van der Waals surface area contributed by atoms with Crippen LogP contribution in [-0.2, 0) is 16.0 Å². The number of carboxylic acids is 1. The van der Waals surface area contributed by atoms with Gasteiger partial charge in [0.05, 0.1) is 24.8 Å². The number of nitrogens with one attached hydrogen (secondary N) is 1. The molecule has 37 heavy (non-hydrogen) atoms. The second-order valence-corrected chi connectivity index (χ2v) is 8.43. The number of ether oxygens (including phenoxy) is 3. The van der Waals surface area contributed by atoms with Gasteiger partial charge in [0, 0.05) is 38.2 Å². The van der Waals surface area contributed by atoms with Gasteiger partial charge in [-0.15, -0.1) is 0 Å². The summed E-state index contributed by atoms with van der Waals surface area (Å²) in [5, 5.41) is 11.9. The van der Waals surface area contributed by atoms with Gasteiger partial charge in [0.25, 0.3) is 0 Å². The molecule has 2 N–H and O–H groups in total. The largest absolute Gasteiger partial charge is 0.490 e. The van der Waals surface area contributed by atoms with E-state index in [0.29, 0.717) is 36.0 Å². The van der Waals surface area contributed by atoms with Gasteiger partial charge >= 0.3 is 12.1 Å². The lowest BCUT2D eigenvalue weighted by atomic mass is 10.1. The van der Waals surface area contributed by atoms with Crippen LogP contribution in [-0.4, -0.2) is 59.3 Å². The number of anilines is 1. The Morgan fingerprint density at radius 1 is 1.00 bits per heavy atom. The van der Waals surface area contributed by atoms with Crippen LogP contribution in [0.5, 0.6) is 17.4 Å². The van der Waals surface area contributed by atoms with Crippen molar-refractivity contribution in [3.8, 4) is 17.4 Å². The number of carbonyl (C=O) groups is 3. The summed E-state index contributed by atoms with van der Waals surface area (Å²) in [6.45, 7) is 1.19. The summed E-state index contributed by atoms with van der Waals surface area (Å²) in [6.07, 6.45) is 2.74. The van der Waals surface area contributed by atoms with Crippen molar-refractivity contribution in [2.75, 3.05) is 25.5 Å². The standard InChI is InChI=1S/C27H27N3O7/c1-35-27(34)30-14-12-21(13-15-30)36-19-7-9-20(10-8-19)37-25-11-6-18(17-28-25)16-24(31)29-23-5-3-2-4-22(23)26(32)33/h2-11,17,21H,12-16H2,1H3,(H,29,31)(H,32,33). The van der Waals surface area contributed by atoms with E-state index >= 15 is 0 Å². The zero-order valence-corrected chi connectivity index (χ0v) is 20.3. The molecule has 1 aliphatic rings. The number of benzene rings is 2. The minimum absolute atomic E-state index is 0.0247. The van der Waals surface area contributed by atoms with Crippen molar-refractivity contribution < 1.29 is 33.7 Å². The number of carbonyl (C=O) groups excluding carboxylic acids is 2. The van der Waals surface area contributed by atoms with Gasteiger partial charge in [-0.1, -0.05) is 18.2 Å². The molecular formula is C27H27N3O7. The number of amides is 2. The highest BCUT2D eigenvalue weighted by Gasteiger charge is 2.24. The van der Waals surface area contributed by atoms with Crippen molar-refractivity contribution in [1.82, 2.24) is 9.88 Å². The first kappa shape index (κ1) is 25.5. The van der Waals surface area contributed by atoms with Crippen molar-refractivity contribution in [3.63, 3.8) is 0 Å². The van der Waals surface area contributed by atoms with Crippen molar-refractivity contribution >= 4 is 23.7 Å². The molecule has 192 valence electrons. The lowest BCUT2D eigenvalue weighted by Gasteiger charge is -2.31. The van der Waals surface area contributed by atoms with Gasteiger partial charge in [0.15, 0.2) is 0 Å².